The number of carbonyl (C=O) groups excluding carboxylic acids is 1. The van der Waals surface area contributed by atoms with E-state index < -0.39 is 11.7 Å². The number of halogens is 3. The summed E-state index contributed by atoms with van der Waals surface area (Å²) in [4.78, 5) is 30.0. The summed E-state index contributed by atoms with van der Waals surface area (Å²) in [6.45, 7) is 9.00. The molecule has 1 fully saturated rings. The lowest BCUT2D eigenvalue weighted by molar-refractivity contribution is -0.137. The van der Waals surface area contributed by atoms with E-state index in [9.17, 15) is 18.0 Å². The Morgan fingerprint density at radius 1 is 1.26 bits per heavy atom. The van der Waals surface area contributed by atoms with Crippen molar-refractivity contribution in [2.45, 2.75) is 64.8 Å². The number of H-pyrrole nitrogens is 1. The van der Waals surface area contributed by atoms with Crippen molar-refractivity contribution in [1.82, 2.24) is 30.2 Å². The lowest BCUT2D eigenvalue weighted by Crippen LogP contribution is -2.43. The molecule has 8 nitrogen and oxygen atoms in total. The van der Waals surface area contributed by atoms with Crippen molar-refractivity contribution < 1.29 is 18.0 Å². The van der Waals surface area contributed by atoms with E-state index in [1.807, 2.05) is 20.8 Å². The number of nitrogens with one attached hydrogen (secondary N) is 3. The average Bonchev–Trinajstić information content (AvgIpc) is 3.23. The summed E-state index contributed by atoms with van der Waals surface area (Å²) in [5.41, 5.74) is -0.386. The fourth-order valence-electron chi connectivity index (χ4n) is 4.38. The van der Waals surface area contributed by atoms with E-state index in [0.29, 0.717) is 30.2 Å². The quantitative estimate of drug-likeness (QED) is 0.473. The summed E-state index contributed by atoms with van der Waals surface area (Å²) in [6.07, 6.45) is -0.562. The minimum absolute atomic E-state index is 0.00643. The van der Waals surface area contributed by atoms with Gasteiger partial charge in [0.2, 0.25) is 5.95 Å². The maximum absolute atomic E-state index is 13.9. The number of hydrogen-bond donors (Lipinski definition) is 3. The largest absolute Gasteiger partial charge is 0.419 e. The zero-order valence-corrected chi connectivity index (χ0v) is 20.2. The molecule has 0 bridgehead atoms. The normalized spacial score (nSPS) is 18.7. The minimum Gasteiger partial charge on any atom is -0.350 e. The molecule has 1 aliphatic heterocycles. The number of piperidine rings is 1. The fraction of sp³-hybridized carbons (Fsp3) is 0.500. The predicted molar refractivity (Wildman–Crippen MR) is 128 cm³/mol. The molecule has 1 amide bonds. The monoisotopic (exact) mass is 489 g/mol. The molecule has 0 saturated carbocycles. The van der Waals surface area contributed by atoms with Crippen LogP contribution in [0.25, 0.3) is 22.3 Å². The third-order valence-electron chi connectivity index (χ3n) is 6.33. The first-order valence-corrected chi connectivity index (χ1v) is 11.8. The number of alkyl halides is 3. The van der Waals surface area contributed by atoms with Gasteiger partial charge in [-0.25, -0.2) is 15.0 Å². The Labute approximate surface area is 201 Å². The van der Waals surface area contributed by atoms with Crippen molar-refractivity contribution in [3.05, 3.63) is 35.8 Å². The number of pyridine rings is 1. The highest BCUT2D eigenvalue weighted by atomic mass is 19.4. The van der Waals surface area contributed by atoms with E-state index in [1.54, 1.807) is 11.0 Å². The van der Waals surface area contributed by atoms with Crippen LogP contribution in [0.2, 0.25) is 0 Å². The second-order valence-electron chi connectivity index (χ2n) is 9.16. The summed E-state index contributed by atoms with van der Waals surface area (Å²) in [5, 5.41) is 6.94. The lowest BCUT2D eigenvalue weighted by atomic mass is 10.0. The van der Waals surface area contributed by atoms with Crippen LogP contribution in [0.5, 0.6) is 0 Å². The van der Waals surface area contributed by atoms with E-state index in [4.69, 9.17) is 0 Å². The number of carbonyl (C=O) groups is 1. The van der Waals surface area contributed by atoms with Crippen molar-refractivity contribution in [3.8, 4) is 11.3 Å². The van der Waals surface area contributed by atoms with Gasteiger partial charge in [-0.2, -0.15) is 13.2 Å². The molecule has 3 aromatic heterocycles. The van der Waals surface area contributed by atoms with Crippen LogP contribution in [-0.4, -0.2) is 62.0 Å². The van der Waals surface area contributed by atoms with Gasteiger partial charge in [0.25, 0.3) is 5.91 Å². The zero-order valence-electron chi connectivity index (χ0n) is 20.2. The van der Waals surface area contributed by atoms with Crippen LogP contribution in [0.15, 0.2) is 24.5 Å². The second-order valence-corrected chi connectivity index (χ2v) is 9.16. The average molecular weight is 490 g/mol. The molecule has 1 unspecified atom stereocenters. The molecule has 188 valence electrons. The van der Waals surface area contributed by atoms with Gasteiger partial charge in [0, 0.05) is 54.6 Å². The van der Waals surface area contributed by atoms with Gasteiger partial charge in [0.15, 0.2) is 0 Å². The molecule has 11 heteroatoms. The summed E-state index contributed by atoms with van der Waals surface area (Å²) in [7, 11) is 0. The van der Waals surface area contributed by atoms with Crippen molar-refractivity contribution in [1.29, 1.82) is 0 Å². The van der Waals surface area contributed by atoms with E-state index in [-0.39, 0.29) is 40.9 Å². The Bertz CT molecular complexity index is 1200. The summed E-state index contributed by atoms with van der Waals surface area (Å²) < 4.78 is 41.6. The Kier molecular flexibility index (Phi) is 6.98. The Balaban J connectivity index is 1.71. The van der Waals surface area contributed by atoms with Gasteiger partial charge in [-0.05, 0) is 52.7 Å². The SMILES string of the molecule is CCN(C(=O)c1ccc2c(-c3nc(NC4CC[C@H](C)NC4)ncc3C(F)(F)F)c[nH]c2n1)C(C)C. The minimum atomic E-state index is -4.64. The molecule has 4 rings (SSSR count). The number of aromatic nitrogens is 4. The number of hydrogen-bond acceptors (Lipinski definition) is 6. The molecule has 3 aromatic rings. The molecule has 1 aliphatic rings. The molecule has 35 heavy (non-hydrogen) atoms. The molecule has 0 aliphatic carbocycles. The van der Waals surface area contributed by atoms with Crippen molar-refractivity contribution >= 4 is 22.9 Å². The van der Waals surface area contributed by atoms with Crippen LogP contribution >= 0.6 is 0 Å². The van der Waals surface area contributed by atoms with E-state index in [1.165, 1.54) is 12.3 Å². The van der Waals surface area contributed by atoms with E-state index in [2.05, 4.69) is 37.5 Å². The fourth-order valence-corrected chi connectivity index (χ4v) is 4.38. The van der Waals surface area contributed by atoms with Crippen LogP contribution < -0.4 is 10.6 Å². The molecule has 0 aromatic carbocycles. The van der Waals surface area contributed by atoms with Gasteiger partial charge >= 0.3 is 6.18 Å². The van der Waals surface area contributed by atoms with Gasteiger partial charge in [0.05, 0.1) is 5.69 Å². The maximum Gasteiger partial charge on any atom is 0.419 e. The standard InChI is InChI=1S/C24H30F3N7O/c1-5-34(13(2)3)22(35)19-9-8-16-17(11-29-21(16)32-19)20-18(24(25,26)27)12-30-23(33-20)31-15-7-6-14(4)28-10-15/h8-9,11-15,28H,5-7,10H2,1-4H3,(H,29,32)(H,30,31,33)/t14-,15?/m0/s1. The Hall–Kier alpha value is -3.21. The first-order valence-electron chi connectivity index (χ1n) is 11.8. The van der Waals surface area contributed by atoms with Crippen LogP contribution in [-0.2, 0) is 6.18 Å². The zero-order chi connectivity index (χ0) is 25.3. The van der Waals surface area contributed by atoms with Gasteiger partial charge in [0.1, 0.15) is 16.9 Å². The summed E-state index contributed by atoms with van der Waals surface area (Å²) >= 11 is 0. The number of anilines is 1. The number of aromatic amines is 1. The van der Waals surface area contributed by atoms with E-state index >= 15 is 0 Å². The highest BCUT2D eigenvalue weighted by molar-refractivity contribution is 5.98. The topological polar surface area (TPSA) is 98.8 Å². The maximum atomic E-state index is 13.9. The van der Waals surface area contributed by atoms with Crippen LogP contribution in [0.4, 0.5) is 19.1 Å². The van der Waals surface area contributed by atoms with Crippen molar-refractivity contribution in [3.63, 3.8) is 0 Å². The molecular weight excluding hydrogens is 459 g/mol. The van der Waals surface area contributed by atoms with Gasteiger partial charge < -0.3 is 20.5 Å². The van der Waals surface area contributed by atoms with Crippen molar-refractivity contribution in [2.24, 2.45) is 0 Å². The Morgan fingerprint density at radius 3 is 2.66 bits per heavy atom. The third kappa shape index (κ3) is 5.24. The third-order valence-corrected chi connectivity index (χ3v) is 6.33. The van der Waals surface area contributed by atoms with Crippen LogP contribution in [0.3, 0.4) is 0 Å². The second kappa shape index (κ2) is 9.80. The first kappa shape index (κ1) is 24.9. The summed E-state index contributed by atoms with van der Waals surface area (Å²) in [5.74, 6) is -0.0977. The molecule has 2 atom stereocenters. The lowest BCUT2D eigenvalue weighted by Gasteiger charge is -2.28. The molecule has 0 radical (unpaired) electrons. The first-order chi connectivity index (χ1) is 16.6. The number of nitrogens with zero attached hydrogens (tertiary/aromatic N) is 4. The highest BCUT2D eigenvalue weighted by Gasteiger charge is 2.36. The van der Waals surface area contributed by atoms with Gasteiger partial charge in [-0.1, -0.05) is 0 Å². The number of fused-ring (bicyclic) bond motifs is 1. The number of amides is 1. The molecule has 0 spiro atoms. The van der Waals surface area contributed by atoms with Gasteiger partial charge in [-0.15, -0.1) is 0 Å². The Morgan fingerprint density at radius 2 is 2.03 bits per heavy atom. The summed E-state index contributed by atoms with van der Waals surface area (Å²) in [6, 6.07) is 3.56. The van der Waals surface area contributed by atoms with Crippen LogP contribution in [0, 0.1) is 0 Å². The van der Waals surface area contributed by atoms with Gasteiger partial charge in [-0.3, -0.25) is 4.79 Å². The molecular formula is C24H30F3N7O. The van der Waals surface area contributed by atoms with Crippen LogP contribution in [0.1, 0.15) is 56.6 Å². The smallest absolute Gasteiger partial charge is 0.350 e. The van der Waals surface area contributed by atoms with E-state index in [0.717, 1.165) is 19.0 Å². The molecule has 3 N–H and O–H groups in total. The highest BCUT2D eigenvalue weighted by Crippen LogP contribution is 2.38. The molecule has 4 heterocycles. The van der Waals surface area contributed by atoms with Crippen molar-refractivity contribution in [2.75, 3.05) is 18.4 Å². The predicted octanol–water partition coefficient (Wildman–Crippen LogP) is 4.46. The number of rotatable bonds is 6. The molecule has 1 saturated heterocycles.